The normalized spacial score (nSPS) is 10.6. The quantitative estimate of drug-likeness (QED) is 0.857. The van der Waals surface area contributed by atoms with E-state index in [0.29, 0.717) is 12.2 Å². The summed E-state index contributed by atoms with van der Waals surface area (Å²) in [5.74, 6) is 0. The van der Waals surface area contributed by atoms with Crippen molar-refractivity contribution in [2.24, 2.45) is 0 Å². The van der Waals surface area contributed by atoms with Crippen molar-refractivity contribution >= 4 is 17.3 Å². The van der Waals surface area contributed by atoms with Crippen LogP contribution in [0.15, 0.2) is 35.3 Å². The molecule has 1 aromatic heterocycles. The number of hydrogen-bond donors (Lipinski definition) is 2. The van der Waals surface area contributed by atoms with Gasteiger partial charge in [0.25, 0.3) is 5.56 Å². The van der Waals surface area contributed by atoms with Gasteiger partial charge in [-0.25, -0.2) is 4.68 Å². The average Bonchev–Trinajstić information content (AvgIpc) is 2.52. The minimum Gasteiger partial charge on any atom is -0.394 e. The molecule has 21 heavy (non-hydrogen) atoms. The van der Waals surface area contributed by atoms with Crippen LogP contribution in [0.2, 0.25) is 5.02 Å². The van der Waals surface area contributed by atoms with Crippen molar-refractivity contribution in [3.8, 4) is 0 Å². The van der Waals surface area contributed by atoms with Gasteiger partial charge in [-0.1, -0.05) is 42.8 Å². The van der Waals surface area contributed by atoms with Gasteiger partial charge in [-0.2, -0.15) is 5.10 Å². The second kappa shape index (κ2) is 7.24. The Morgan fingerprint density at radius 2 is 1.95 bits per heavy atom. The second-order valence-electron chi connectivity index (χ2n) is 4.65. The van der Waals surface area contributed by atoms with Crippen molar-refractivity contribution in [2.75, 3.05) is 11.9 Å². The summed E-state index contributed by atoms with van der Waals surface area (Å²) >= 11 is 6.03. The Bertz CT molecular complexity index is 653. The standard InChI is InChI=1S/C15H18ClN3O2/c1-2-11-3-5-12(6-4-11)9-17-13-10-18-19(7-8-20)15(21)14(13)16/h3-6,10,17,20H,2,7-9H2,1H3. The van der Waals surface area contributed by atoms with E-state index in [9.17, 15) is 4.79 Å². The van der Waals surface area contributed by atoms with E-state index in [1.807, 2.05) is 12.1 Å². The zero-order chi connectivity index (χ0) is 15.2. The summed E-state index contributed by atoms with van der Waals surface area (Å²) in [4.78, 5) is 11.9. The zero-order valence-electron chi connectivity index (χ0n) is 11.8. The highest BCUT2D eigenvalue weighted by molar-refractivity contribution is 6.32. The molecule has 0 fully saturated rings. The van der Waals surface area contributed by atoms with Crippen LogP contribution in [0.1, 0.15) is 18.1 Å². The third-order valence-corrected chi connectivity index (χ3v) is 3.58. The number of nitrogens with zero attached hydrogens (tertiary/aromatic N) is 2. The molecule has 1 heterocycles. The van der Waals surface area contributed by atoms with Gasteiger partial charge in [0, 0.05) is 6.54 Å². The maximum absolute atomic E-state index is 11.9. The van der Waals surface area contributed by atoms with Crippen molar-refractivity contribution in [3.05, 3.63) is 57.0 Å². The lowest BCUT2D eigenvalue weighted by Crippen LogP contribution is -2.25. The van der Waals surface area contributed by atoms with E-state index in [2.05, 4.69) is 29.5 Å². The summed E-state index contributed by atoms with van der Waals surface area (Å²) < 4.78 is 1.14. The third kappa shape index (κ3) is 3.83. The first-order valence-corrected chi connectivity index (χ1v) is 7.21. The molecule has 2 rings (SSSR count). The maximum Gasteiger partial charge on any atom is 0.287 e. The smallest absolute Gasteiger partial charge is 0.287 e. The van der Waals surface area contributed by atoms with Crippen LogP contribution in [0.5, 0.6) is 0 Å². The van der Waals surface area contributed by atoms with Gasteiger partial charge >= 0.3 is 0 Å². The van der Waals surface area contributed by atoms with Crippen LogP contribution in [-0.4, -0.2) is 21.5 Å². The van der Waals surface area contributed by atoms with Gasteiger partial charge in [0.1, 0.15) is 5.02 Å². The molecule has 0 bridgehead atoms. The van der Waals surface area contributed by atoms with Gasteiger partial charge < -0.3 is 10.4 Å². The molecule has 1 aromatic carbocycles. The van der Waals surface area contributed by atoms with Gasteiger partial charge in [-0.15, -0.1) is 0 Å². The minimum atomic E-state index is -0.406. The Morgan fingerprint density at radius 3 is 2.57 bits per heavy atom. The molecule has 0 aliphatic carbocycles. The molecular weight excluding hydrogens is 290 g/mol. The summed E-state index contributed by atoms with van der Waals surface area (Å²) in [6.07, 6.45) is 2.51. The Balaban J connectivity index is 2.09. The SMILES string of the molecule is CCc1ccc(CNc2cnn(CCO)c(=O)c2Cl)cc1. The first kappa shape index (κ1) is 15.5. The first-order valence-electron chi connectivity index (χ1n) is 6.84. The number of benzene rings is 1. The summed E-state index contributed by atoms with van der Waals surface area (Å²) in [7, 11) is 0. The predicted molar refractivity (Wildman–Crippen MR) is 83.7 cm³/mol. The number of anilines is 1. The summed E-state index contributed by atoms with van der Waals surface area (Å²) in [5.41, 5.74) is 2.47. The Hall–Kier alpha value is -1.85. The van der Waals surface area contributed by atoms with Crippen LogP contribution in [0.3, 0.4) is 0 Å². The fraction of sp³-hybridized carbons (Fsp3) is 0.333. The molecule has 0 amide bonds. The molecular formula is C15H18ClN3O2. The largest absolute Gasteiger partial charge is 0.394 e. The lowest BCUT2D eigenvalue weighted by atomic mass is 10.1. The molecule has 5 nitrogen and oxygen atoms in total. The number of aliphatic hydroxyl groups excluding tert-OH is 1. The van der Waals surface area contributed by atoms with E-state index in [-0.39, 0.29) is 18.2 Å². The summed E-state index contributed by atoms with van der Waals surface area (Å²) in [6, 6.07) is 8.24. The van der Waals surface area contributed by atoms with Gasteiger partial charge in [0.15, 0.2) is 0 Å². The number of rotatable bonds is 6. The molecule has 0 aliphatic heterocycles. The third-order valence-electron chi connectivity index (χ3n) is 3.21. The Morgan fingerprint density at radius 1 is 1.29 bits per heavy atom. The van der Waals surface area contributed by atoms with E-state index in [0.717, 1.165) is 16.7 Å². The van der Waals surface area contributed by atoms with Crippen molar-refractivity contribution in [3.63, 3.8) is 0 Å². The molecule has 6 heteroatoms. The van der Waals surface area contributed by atoms with Crippen LogP contribution in [0, 0.1) is 0 Å². The van der Waals surface area contributed by atoms with Crippen LogP contribution in [-0.2, 0) is 19.5 Å². The number of halogens is 1. The second-order valence-corrected chi connectivity index (χ2v) is 5.03. The summed E-state index contributed by atoms with van der Waals surface area (Å²) in [5, 5.41) is 16.0. The Kier molecular flexibility index (Phi) is 5.36. The number of aromatic nitrogens is 2. The van der Waals surface area contributed by atoms with Crippen molar-refractivity contribution in [1.29, 1.82) is 0 Å². The highest BCUT2D eigenvalue weighted by atomic mass is 35.5. The van der Waals surface area contributed by atoms with E-state index >= 15 is 0 Å². The zero-order valence-corrected chi connectivity index (χ0v) is 12.6. The van der Waals surface area contributed by atoms with Crippen molar-refractivity contribution in [2.45, 2.75) is 26.4 Å². The maximum atomic E-state index is 11.9. The summed E-state index contributed by atoms with van der Waals surface area (Å²) in [6.45, 7) is 2.66. The first-order chi connectivity index (χ1) is 10.2. The molecule has 0 saturated heterocycles. The van der Waals surface area contributed by atoms with E-state index < -0.39 is 5.56 Å². The molecule has 112 valence electrons. The average molecular weight is 308 g/mol. The van der Waals surface area contributed by atoms with Crippen molar-refractivity contribution < 1.29 is 5.11 Å². The van der Waals surface area contributed by atoms with E-state index in [1.165, 1.54) is 11.8 Å². The number of aryl methyl sites for hydroxylation is 1. The molecule has 0 saturated carbocycles. The fourth-order valence-electron chi connectivity index (χ4n) is 1.93. The molecule has 0 unspecified atom stereocenters. The fourth-order valence-corrected chi connectivity index (χ4v) is 2.15. The number of nitrogens with one attached hydrogen (secondary N) is 1. The number of hydrogen-bond acceptors (Lipinski definition) is 4. The highest BCUT2D eigenvalue weighted by Gasteiger charge is 2.08. The molecule has 0 aliphatic rings. The van der Waals surface area contributed by atoms with Gasteiger partial charge in [-0.3, -0.25) is 4.79 Å². The van der Waals surface area contributed by atoms with Crippen molar-refractivity contribution in [1.82, 2.24) is 9.78 Å². The molecule has 2 N–H and O–H groups in total. The lowest BCUT2D eigenvalue weighted by molar-refractivity contribution is 0.266. The monoisotopic (exact) mass is 307 g/mol. The molecule has 0 radical (unpaired) electrons. The van der Waals surface area contributed by atoms with E-state index in [4.69, 9.17) is 16.7 Å². The van der Waals surface area contributed by atoms with Gasteiger partial charge in [-0.05, 0) is 17.5 Å². The molecule has 2 aromatic rings. The van der Waals surface area contributed by atoms with Crippen LogP contribution >= 0.6 is 11.6 Å². The van der Waals surface area contributed by atoms with Crippen LogP contribution in [0.25, 0.3) is 0 Å². The van der Waals surface area contributed by atoms with E-state index in [1.54, 1.807) is 0 Å². The Labute approximate surface area is 128 Å². The van der Waals surface area contributed by atoms with Crippen LogP contribution in [0.4, 0.5) is 5.69 Å². The highest BCUT2D eigenvalue weighted by Crippen LogP contribution is 2.16. The molecule has 0 atom stereocenters. The topological polar surface area (TPSA) is 67.2 Å². The lowest BCUT2D eigenvalue weighted by Gasteiger charge is -2.10. The molecule has 0 spiro atoms. The minimum absolute atomic E-state index is 0.0867. The number of aliphatic hydroxyl groups is 1. The van der Waals surface area contributed by atoms with Gasteiger partial charge in [0.2, 0.25) is 0 Å². The predicted octanol–water partition coefficient (Wildman–Crippen LogP) is 2.06. The van der Waals surface area contributed by atoms with Gasteiger partial charge in [0.05, 0.1) is 25.0 Å². The van der Waals surface area contributed by atoms with Crippen LogP contribution < -0.4 is 10.9 Å².